The number of amides is 2. The average molecular weight is 496 g/mol. The zero-order valence-corrected chi connectivity index (χ0v) is 20.9. The van der Waals surface area contributed by atoms with Gasteiger partial charge in [0.15, 0.2) is 11.5 Å². The Hall–Kier alpha value is -4.26. The Morgan fingerprint density at radius 2 is 1.68 bits per heavy atom. The number of methoxy groups -OCH3 is 2. The predicted octanol–water partition coefficient (Wildman–Crippen LogP) is 4.11. The molecule has 2 atom stereocenters. The molecular weight excluding hydrogens is 466 g/mol. The van der Waals surface area contributed by atoms with Crippen molar-refractivity contribution in [2.45, 2.75) is 24.9 Å². The first-order chi connectivity index (χ1) is 18.1. The second-order valence-electron chi connectivity index (χ2n) is 9.60. The van der Waals surface area contributed by atoms with Crippen molar-refractivity contribution in [2.24, 2.45) is 0 Å². The fourth-order valence-corrected chi connectivity index (χ4v) is 5.79. The minimum Gasteiger partial charge on any atom is -0.493 e. The molecule has 7 nitrogen and oxygen atoms in total. The van der Waals surface area contributed by atoms with E-state index < -0.39 is 6.04 Å². The van der Waals surface area contributed by atoms with Gasteiger partial charge in [-0.25, -0.2) is 0 Å². The van der Waals surface area contributed by atoms with Crippen LogP contribution in [-0.2, 0) is 22.4 Å². The van der Waals surface area contributed by atoms with E-state index in [4.69, 9.17) is 9.47 Å². The topological polar surface area (TPSA) is 74.9 Å². The summed E-state index contributed by atoms with van der Waals surface area (Å²) in [5, 5.41) is 1.11. The molecule has 1 aromatic heterocycles. The smallest absolute Gasteiger partial charge is 0.246 e. The maximum absolute atomic E-state index is 13.9. The molecule has 0 saturated carbocycles. The summed E-state index contributed by atoms with van der Waals surface area (Å²) >= 11 is 0. The lowest BCUT2D eigenvalue weighted by Gasteiger charge is -2.47. The Kier molecular flexibility index (Phi) is 5.83. The van der Waals surface area contributed by atoms with Gasteiger partial charge < -0.3 is 24.3 Å². The minimum atomic E-state index is -0.538. The molecule has 1 unspecified atom stereocenters. The van der Waals surface area contributed by atoms with Gasteiger partial charge in [0.05, 0.1) is 26.8 Å². The van der Waals surface area contributed by atoms with E-state index in [1.54, 1.807) is 19.1 Å². The lowest BCUT2D eigenvalue weighted by molar-refractivity contribution is -0.158. The van der Waals surface area contributed by atoms with Gasteiger partial charge in [0, 0.05) is 29.6 Å². The highest BCUT2D eigenvalue weighted by Crippen LogP contribution is 2.42. The number of fused-ring (bicyclic) bond motifs is 4. The standard InChI is InChI=1S/C30H29N3O4/c1-36-25-13-12-19(16-26(25)37-2)14-15-32-18-27(34)33-24(30(32)35)17-22-21-10-6-7-11-23(21)31-28(22)29(33)20-8-4-3-5-9-20/h3-13,16,24,29,31H,14-15,17-18H2,1-2H3/t24-,29?/m0/s1. The first kappa shape index (κ1) is 23.2. The molecule has 2 aliphatic rings. The highest BCUT2D eigenvalue weighted by Gasteiger charge is 2.48. The summed E-state index contributed by atoms with van der Waals surface area (Å²) in [7, 11) is 3.21. The molecule has 1 N–H and O–H groups in total. The highest BCUT2D eigenvalue weighted by molar-refractivity contribution is 5.97. The lowest BCUT2D eigenvalue weighted by Crippen LogP contribution is -2.63. The van der Waals surface area contributed by atoms with Gasteiger partial charge in [0.25, 0.3) is 0 Å². The predicted molar refractivity (Wildman–Crippen MR) is 141 cm³/mol. The zero-order valence-electron chi connectivity index (χ0n) is 20.9. The Morgan fingerprint density at radius 1 is 0.919 bits per heavy atom. The van der Waals surface area contributed by atoms with E-state index in [-0.39, 0.29) is 24.4 Å². The summed E-state index contributed by atoms with van der Waals surface area (Å²) in [6.07, 6.45) is 1.12. The molecule has 0 spiro atoms. The van der Waals surface area contributed by atoms with Gasteiger partial charge in [-0.15, -0.1) is 0 Å². The van der Waals surface area contributed by atoms with Crippen LogP contribution in [0.3, 0.4) is 0 Å². The highest BCUT2D eigenvalue weighted by atomic mass is 16.5. The van der Waals surface area contributed by atoms with Crippen molar-refractivity contribution in [3.63, 3.8) is 0 Å². The molecule has 2 aliphatic heterocycles. The molecule has 0 radical (unpaired) electrons. The number of rotatable bonds is 6. The van der Waals surface area contributed by atoms with Crippen LogP contribution in [0.15, 0.2) is 72.8 Å². The molecule has 0 aliphatic carbocycles. The van der Waals surface area contributed by atoms with Gasteiger partial charge in [0.2, 0.25) is 11.8 Å². The van der Waals surface area contributed by atoms with Crippen LogP contribution in [0.4, 0.5) is 0 Å². The van der Waals surface area contributed by atoms with Gasteiger partial charge >= 0.3 is 0 Å². The number of aromatic nitrogens is 1. The first-order valence-electron chi connectivity index (χ1n) is 12.5. The molecule has 6 rings (SSSR count). The molecular formula is C30H29N3O4. The van der Waals surface area contributed by atoms with Crippen molar-refractivity contribution in [3.05, 3.63) is 95.2 Å². The minimum absolute atomic E-state index is 0.00283. The van der Waals surface area contributed by atoms with Crippen molar-refractivity contribution < 1.29 is 19.1 Å². The number of aromatic amines is 1. The fraction of sp³-hybridized carbons (Fsp3) is 0.267. The van der Waals surface area contributed by atoms with E-state index in [1.165, 1.54) is 0 Å². The molecule has 2 amide bonds. The SMILES string of the molecule is COc1ccc(CCN2CC(=O)N3C(c4ccccc4)c4[nH]c5ccccc5c4C[C@H]3C2=O)cc1OC. The second-order valence-corrected chi connectivity index (χ2v) is 9.60. The third kappa shape index (κ3) is 3.91. The van der Waals surface area contributed by atoms with E-state index in [9.17, 15) is 9.59 Å². The molecule has 37 heavy (non-hydrogen) atoms. The van der Waals surface area contributed by atoms with Crippen LogP contribution in [0.2, 0.25) is 0 Å². The molecule has 1 fully saturated rings. The molecule has 3 aromatic carbocycles. The maximum Gasteiger partial charge on any atom is 0.246 e. The number of piperazine rings is 1. The van der Waals surface area contributed by atoms with Crippen molar-refractivity contribution >= 4 is 22.7 Å². The summed E-state index contributed by atoms with van der Waals surface area (Å²) in [5.41, 5.74) is 5.17. The zero-order chi connectivity index (χ0) is 25.5. The van der Waals surface area contributed by atoms with E-state index in [0.717, 1.165) is 33.3 Å². The number of hydrogen-bond donors (Lipinski definition) is 1. The van der Waals surface area contributed by atoms with Gasteiger partial charge in [-0.2, -0.15) is 0 Å². The van der Waals surface area contributed by atoms with Crippen LogP contribution in [-0.4, -0.2) is 59.9 Å². The van der Waals surface area contributed by atoms with Crippen LogP contribution in [0.25, 0.3) is 10.9 Å². The third-order valence-electron chi connectivity index (χ3n) is 7.58. The first-order valence-corrected chi connectivity index (χ1v) is 12.5. The van der Waals surface area contributed by atoms with Crippen molar-refractivity contribution in [1.29, 1.82) is 0 Å². The van der Waals surface area contributed by atoms with Crippen molar-refractivity contribution in [2.75, 3.05) is 27.3 Å². The number of para-hydroxylation sites is 1. The van der Waals surface area contributed by atoms with Gasteiger partial charge in [0.1, 0.15) is 6.04 Å². The van der Waals surface area contributed by atoms with Crippen LogP contribution >= 0.6 is 0 Å². The fourth-order valence-electron chi connectivity index (χ4n) is 5.79. The Balaban J connectivity index is 1.33. The molecule has 188 valence electrons. The van der Waals surface area contributed by atoms with Crippen LogP contribution in [0, 0.1) is 0 Å². The number of nitrogens with one attached hydrogen (secondary N) is 1. The van der Waals surface area contributed by atoms with Crippen molar-refractivity contribution in [3.8, 4) is 11.5 Å². The average Bonchev–Trinajstić information content (AvgIpc) is 3.31. The van der Waals surface area contributed by atoms with Crippen LogP contribution < -0.4 is 9.47 Å². The summed E-state index contributed by atoms with van der Waals surface area (Å²) in [6, 6.07) is 23.0. The number of hydrogen-bond acceptors (Lipinski definition) is 4. The Morgan fingerprint density at radius 3 is 2.46 bits per heavy atom. The normalized spacial score (nSPS) is 19.1. The Labute approximate surface area is 215 Å². The third-order valence-corrected chi connectivity index (χ3v) is 7.58. The quantitative estimate of drug-likeness (QED) is 0.437. The summed E-state index contributed by atoms with van der Waals surface area (Å²) in [6.45, 7) is 0.530. The van der Waals surface area contributed by atoms with Gasteiger partial charge in [-0.05, 0) is 41.3 Å². The molecule has 4 aromatic rings. The summed E-state index contributed by atoms with van der Waals surface area (Å²) in [5.74, 6) is 1.28. The molecule has 7 heteroatoms. The van der Waals surface area contributed by atoms with Crippen molar-refractivity contribution in [1.82, 2.24) is 14.8 Å². The lowest BCUT2D eigenvalue weighted by atomic mass is 9.86. The summed E-state index contributed by atoms with van der Waals surface area (Å²) in [4.78, 5) is 34.6. The monoisotopic (exact) mass is 495 g/mol. The van der Waals surface area contributed by atoms with Gasteiger partial charge in [-0.1, -0.05) is 54.6 Å². The van der Waals surface area contributed by atoms with E-state index >= 15 is 0 Å². The van der Waals surface area contributed by atoms with E-state index in [0.29, 0.717) is 30.9 Å². The van der Waals surface area contributed by atoms with Gasteiger partial charge in [-0.3, -0.25) is 9.59 Å². The number of benzene rings is 3. The largest absolute Gasteiger partial charge is 0.493 e. The van der Waals surface area contributed by atoms with Crippen LogP contribution in [0.1, 0.15) is 28.4 Å². The Bertz CT molecular complexity index is 1480. The number of nitrogens with zero attached hydrogens (tertiary/aromatic N) is 2. The second kappa shape index (κ2) is 9.32. The van der Waals surface area contributed by atoms with E-state index in [2.05, 4.69) is 11.1 Å². The maximum atomic E-state index is 13.9. The summed E-state index contributed by atoms with van der Waals surface area (Å²) < 4.78 is 10.8. The molecule has 1 saturated heterocycles. The number of ether oxygens (including phenoxy) is 2. The van der Waals surface area contributed by atoms with Crippen LogP contribution in [0.5, 0.6) is 11.5 Å². The number of carbonyl (C=O) groups excluding carboxylic acids is 2. The number of H-pyrrole nitrogens is 1. The van der Waals surface area contributed by atoms with E-state index in [1.807, 2.05) is 71.6 Å². The number of carbonyl (C=O) groups is 2. The molecule has 0 bridgehead atoms. The molecule has 3 heterocycles.